The van der Waals surface area contributed by atoms with E-state index in [0.717, 1.165) is 89.9 Å². The first-order chi connectivity index (χ1) is 17.4. The summed E-state index contributed by atoms with van der Waals surface area (Å²) >= 11 is 0. The maximum atomic E-state index is 12.0. The summed E-state index contributed by atoms with van der Waals surface area (Å²) in [5, 5.41) is 0. The molecular weight excluding hydrogens is 448 g/mol. The van der Waals surface area contributed by atoms with Crippen LogP contribution in [-0.2, 0) is 31.9 Å². The second kappa shape index (κ2) is 20.8. The number of carbonyl (C=O) groups excluding carboxylic acids is 2. The van der Waals surface area contributed by atoms with E-state index in [1.807, 2.05) is 26.0 Å². The second-order valence-corrected chi connectivity index (χ2v) is 9.98. The van der Waals surface area contributed by atoms with Gasteiger partial charge in [0.15, 0.2) is 0 Å². The summed E-state index contributed by atoms with van der Waals surface area (Å²) in [7, 11) is 0. The summed E-state index contributed by atoms with van der Waals surface area (Å²) < 4.78 is 11.1. The highest BCUT2D eigenvalue weighted by Gasteiger charge is 2.11. The molecule has 0 fully saturated rings. The third kappa shape index (κ3) is 17.1. The highest BCUT2D eigenvalue weighted by Crippen LogP contribution is 2.14. The lowest BCUT2D eigenvalue weighted by atomic mass is 10.0. The molecule has 0 saturated heterocycles. The summed E-state index contributed by atoms with van der Waals surface area (Å²) in [5.41, 5.74) is 2.49. The van der Waals surface area contributed by atoms with Crippen molar-refractivity contribution >= 4 is 11.9 Å². The van der Waals surface area contributed by atoms with E-state index >= 15 is 0 Å². The zero-order valence-electron chi connectivity index (χ0n) is 23.0. The molecule has 0 N–H and O–H groups in total. The predicted octanol–water partition coefficient (Wildman–Crippen LogP) is 8.47. The lowest BCUT2D eigenvalue weighted by Crippen LogP contribution is -2.15. The monoisotopic (exact) mass is 498 g/mol. The lowest BCUT2D eigenvalue weighted by Gasteiger charge is -2.14. The van der Waals surface area contributed by atoms with Gasteiger partial charge in [0, 0.05) is 12.8 Å². The molecule has 0 aliphatic heterocycles. The number of benzene rings is 1. The standard InChI is InChI=1S/C32H50O4/c1-5-7-9-11-13-15-17-31(33)35-27(3)19-21-29-23-25-30(26-24-29)22-20-28(4)36-32(34)18-16-14-12-10-8-6-2/h5-6,23-28H,1-2,7-22H2,3-4H3. The average molecular weight is 499 g/mol. The molecule has 1 aromatic carbocycles. The van der Waals surface area contributed by atoms with E-state index in [0.29, 0.717) is 12.8 Å². The molecule has 1 rings (SSSR count). The van der Waals surface area contributed by atoms with Gasteiger partial charge in [-0.15, -0.1) is 13.2 Å². The van der Waals surface area contributed by atoms with Gasteiger partial charge in [-0.25, -0.2) is 0 Å². The van der Waals surface area contributed by atoms with Crippen LogP contribution in [0.4, 0.5) is 0 Å². The molecule has 0 aliphatic rings. The van der Waals surface area contributed by atoms with Gasteiger partial charge in [-0.3, -0.25) is 9.59 Å². The summed E-state index contributed by atoms with van der Waals surface area (Å²) in [6.07, 6.45) is 18.8. The summed E-state index contributed by atoms with van der Waals surface area (Å²) in [4.78, 5) is 24.0. The van der Waals surface area contributed by atoms with Crippen LogP contribution in [0.1, 0.15) is 115 Å². The molecule has 0 aromatic heterocycles. The lowest BCUT2D eigenvalue weighted by molar-refractivity contribution is -0.149. The molecular formula is C32H50O4. The van der Waals surface area contributed by atoms with E-state index in [2.05, 4.69) is 37.4 Å². The van der Waals surface area contributed by atoms with E-state index in [1.165, 1.54) is 11.1 Å². The van der Waals surface area contributed by atoms with Crippen molar-refractivity contribution < 1.29 is 19.1 Å². The first-order valence-electron chi connectivity index (χ1n) is 14.1. The van der Waals surface area contributed by atoms with E-state index in [-0.39, 0.29) is 24.1 Å². The van der Waals surface area contributed by atoms with Gasteiger partial charge < -0.3 is 9.47 Å². The normalized spacial score (nSPS) is 12.5. The fraction of sp³-hybridized carbons (Fsp3) is 0.625. The van der Waals surface area contributed by atoms with Gasteiger partial charge in [-0.05, 0) is 89.2 Å². The van der Waals surface area contributed by atoms with Gasteiger partial charge in [0.25, 0.3) is 0 Å². The van der Waals surface area contributed by atoms with Gasteiger partial charge in [-0.1, -0.05) is 62.1 Å². The van der Waals surface area contributed by atoms with Gasteiger partial charge in [0.2, 0.25) is 0 Å². The van der Waals surface area contributed by atoms with Crippen LogP contribution in [0.15, 0.2) is 49.6 Å². The Morgan fingerprint density at radius 2 is 1.03 bits per heavy atom. The van der Waals surface area contributed by atoms with Crippen LogP contribution in [0.25, 0.3) is 0 Å². The van der Waals surface area contributed by atoms with Crippen LogP contribution in [0, 0.1) is 0 Å². The molecule has 202 valence electrons. The number of hydrogen-bond acceptors (Lipinski definition) is 4. The van der Waals surface area contributed by atoms with Crippen LogP contribution in [-0.4, -0.2) is 24.1 Å². The third-order valence-electron chi connectivity index (χ3n) is 6.45. The minimum atomic E-state index is -0.0834. The fourth-order valence-corrected chi connectivity index (χ4v) is 4.12. The van der Waals surface area contributed by atoms with Crippen LogP contribution >= 0.6 is 0 Å². The van der Waals surface area contributed by atoms with Crippen LogP contribution in [0.2, 0.25) is 0 Å². The Balaban J connectivity index is 2.17. The zero-order chi connectivity index (χ0) is 26.4. The third-order valence-corrected chi connectivity index (χ3v) is 6.45. The van der Waals surface area contributed by atoms with Crippen molar-refractivity contribution in [2.24, 2.45) is 0 Å². The number of rotatable bonds is 22. The molecule has 0 bridgehead atoms. The molecule has 0 aliphatic carbocycles. The van der Waals surface area contributed by atoms with Crippen molar-refractivity contribution in [1.82, 2.24) is 0 Å². The predicted molar refractivity (Wildman–Crippen MR) is 150 cm³/mol. The molecule has 0 amide bonds. The number of ether oxygens (including phenoxy) is 2. The highest BCUT2D eigenvalue weighted by molar-refractivity contribution is 5.69. The number of esters is 2. The van der Waals surface area contributed by atoms with Crippen LogP contribution in [0.5, 0.6) is 0 Å². The van der Waals surface area contributed by atoms with Crippen LogP contribution < -0.4 is 0 Å². The maximum absolute atomic E-state index is 12.0. The Labute approximate surface area is 220 Å². The first-order valence-corrected chi connectivity index (χ1v) is 14.1. The number of allylic oxidation sites excluding steroid dienone is 2. The van der Waals surface area contributed by atoms with E-state index in [9.17, 15) is 9.59 Å². The number of unbranched alkanes of at least 4 members (excludes halogenated alkanes) is 8. The van der Waals surface area contributed by atoms with Crippen molar-refractivity contribution in [2.75, 3.05) is 0 Å². The molecule has 1 aromatic rings. The first kappa shape index (κ1) is 31.7. The molecule has 0 radical (unpaired) electrons. The largest absolute Gasteiger partial charge is 0.463 e. The summed E-state index contributed by atoms with van der Waals surface area (Å²) in [5.74, 6) is -0.167. The molecule has 4 heteroatoms. The number of carbonyl (C=O) groups is 2. The van der Waals surface area contributed by atoms with E-state index in [4.69, 9.17) is 9.47 Å². The Bertz CT molecular complexity index is 674. The van der Waals surface area contributed by atoms with Crippen molar-refractivity contribution in [1.29, 1.82) is 0 Å². The molecule has 0 spiro atoms. The maximum Gasteiger partial charge on any atom is 0.306 e. The molecule has 36 heavy (non-hydrogen) atoms. The average Bonchev–Trinajstić information content (AvgIpc) is 2.86. The van der Waals surface area contributed by atoms with Gasteiger partial charge >= 0.3 is 11.9 Å². The van der Waals surface area contributed by atoms with Gasteiger partial charge in [0.1, 0.15) is 0 Å². The van der Waals surface area contributed by atoms with Crippen molar-refractivity contribution in [3.8, 4) is 0 Å². The molecule has 4 nitrogen and oxygen atoms in total. The van der Waals surface area contributed by atoms with Crippen molar-refractivity contribution in [3.63, 3.8) is 0 Å². The SMILES string of the molecule is C=CCCCCCCC(=O)OC(C)CCc1ccc(CCC(C)OC(=O)CCCCCCC=C)cc1. The Hall–Kier alpha value is -2.36. The zero-order valence-corrected chi connectivity index (χ0v) is 23.0. The minimum Gasteiger partial charge on any atom is -0.463 e. The molecule has 0 saturated carbocycles. The molecule has 2 atom stereocenters. The van der Waals surface area contributed by atoms with Gasteiger partial charge in [0.05, 0.1) is 12.2 Å². The second-order valence-electron chi connectivity index (χ2n) is 9.98. The van der Waals surface area contributed by atoms with E-state index < -0.39 is 0 Å². The highest BCUT2D eigenvalue weighted by atomic mass is 16.5. The Kier molecular flexibility index (Phi) is 18.3. The Morgan fingerprint density at radius 3 is 1.39 bits per heavy atom. The smallest absolute Gasteiger partial charge is 0.306 e. The Morgan fingerprint density at radius 1 is 0.667 bits per heavy atom. The molecule has 0 heterocycles. The quantitative estimate of drug-likeness (QED) is 0.0914. The summed E-state index contributed by atoms with van der Waals surface area (Å²) in [6.45, 7) is 11.4. The van der Waals surface area contributed by atoms with Crippen molar-refractivity contribution in [2.45, 2.75) is 129 Å². The van der Waals surface area contributed by atoms with Gasteiger partial charge in [-0.2, -0.15) is 0 Å². The minimum absolute atomic E-state index is 0.0689. The molecule has 2 unspecified atom stereocenters. The number of hydrogen-bond donors (Lipinski definition) is 0. The van der Waals surface area contributed by atoms with Crippen molar-refractivity contribution in [3.05, 3.63) is 60.7 Å². The van der Waals surface area contributed by atoms with E-state index in [1.54, 1.807) is 0 Å². The fourth-order valence-electron chi connectivity index (χ4n) is 4.12. The van der Waals surface area contributed by atoms with Crippen LogP contribution in [0.3, 0.4) is 0 Å². The summed E-state index contributed by atoms with van der Waals surface area (Å²) in [6, 6.07) is 8.60. The number of aryl methyl sites for hydroxylation is 2. The topological polar surface area (TPSA) is 52.6 Å².